The molecule has 2 aliphatic heterocycles. The third kappa shape index (κ3) is 5.27. The molecule has 2 atom stereocenters. The summed E-state index contributed by atoms with van der Waals surface area (Å²) in [5, 5.41) is 20.1. The SMILES string of the molecule is CC(C)(O)C#Cc1ccc(CN2C[C@H](O)[C@@H](N3CCOCC3)C2)cc1. The Kier molecular flexibility index (Phi) is 5.78. The van der Waals surface area contributed by atoms with Gasteiger partial charge in [0.25, 0.3) is 0 Å². The topological polar surface area (TPSA) is 56.2 Å². The number of benzene rings is 1. The lowest BCUT2D eigenvalue weighted by molar-refractivity contribution is -0.00618. The van der Waals surface area contributed by atoms with Crippen LogP contribution in [0.4, 0.5) is 0 Å². The minimum Gasteiger partial charge on any atom is -0.390 e. The number of morpholine rings is 1. The number of nitrogens with zero attached hydrogens (tertiary/aromatic N) is 2. The lowest BCUT2D eigenvalue weighted by Gasteiger charge is -2.33. The van der Waals surface area contributed by atoms with Crippen LogP contribution in [0.25, 0.3) is 0 Å². The monoisotopic (exact) mass is 344 g/mol. The fourth-order valence-electron chi connectivity index (χ4n) is 3.42. The van der Waals surface area contributed by atoms with Crippen molar-refractivity contribution in [2.45, 2.75) is 38.1 Å². The van der Waals surface area contributed by atoms with Crippen LogP contribution in [0.15, 0.2) is 24.3 Å². The van der Waals surface area contributed by atoms with Crippen LogP contribution in [-0.4, -0.2) is 77.2 Å². The van der Waals surface area contributed by atoms with Gasteiger partial charge in [-0.2, -0.15) is 0 Å². The van der Waals surface area contributed by atoms with Crippen LogP contribution in [0.2, 0.25) is 0 Å². The molecule has 0 aliphatic carbocycles. The van der Waals surface area contributed by atoms with E-state index >= 15 is 0 Å². The Morgan fingerprint density at radius 1 is 1.16 bits per heavy atom. The third-order valence-electron chi connectivity index (χ3n) is 4.72. The number of ether oxygens (including phenoxy) is 1. The molecular weight excluding hydrogens is 316 g/mol. The number of likely N-dealkylation sites (tertiary alicyclic amines) is 1. The summed E-state index contributed by atoms with van der Waals surface area (Å²) in [6.45, 7) is 9.12. The molecule has 2 fully saturated rings. The van der Waals surface area contributed by atoms with E-state index in [9.17, 15) is 10.2 Å². The number of aliphatic hydroxyl groups excluding tert-OH is 1. The van der Waals surface area contributed by atoms with Crippen LogP contribution in [0.3, 0.4) is 0 Å². The van der Waals surface area contributed by atoms with Crippen molar-refractivity contribution in [3.63, 3.8) is 0 Å². The molecule has 5 heteroatoms. The molecule has 2 aliphatic rings. The van der Waals surface area contributed by atoms with Crippen molar-refractivity contribution in [2.24, 2.45) is 0 Å². The van der Waals surface area contributed by atoms with E-state index in [0.29, 0.717) is 6.54 Å². The zero-order valence-corrected chi connectivity index (χ0v) is 15.1. The maximum absolute atomic E-state index is 10.4. The molecule has 2 heterocycles. The minimum absolute atomic E-state index is 0.209. The molecule has 2 saturated heterocycles. The van der Waals surface area contributed by atoms with E-state index in [1.807, 2.05) is 12.1 Å². The van der Waals surface area contributed by atoms with Gasteiger partial charge in [0.1, 0.15) is 5.60 Å². The Labute approximate surface area is 150 Å². The van der Waals surface area contributed by atoms with Gasteiger partial charge in [0.2, 0.25) is 0 Å². The highest BCUT2D eigenvalue weighted by Gasteiger charge is 2.35. The lowest BCUT2D eigenvalue weighted by atomic mass is 10.1. The summed E-state index contributed by atoms with van der Waals surface area (Å²) in [4.78, 5) is 4.66. The normalized spacial score (nSPS) is 25.6. The van der Waals surface area contributed by atoms with E-state index < -0.39 is 5.60 Å². The average Bonchev–Trinajstić information content (AvgIpc) is 2.95. The Hall–Kier alpha value is -1.42. The third-order valence-corrected chi connectivity index (χ3v) is 4.72. The second kappa shape index (κ2) is 7.86. The van der Waals surface area contributed by atoms with Gasteiger partial charge in [0, 0.05) is 44.3 Å². The zero-order valence-electron chi connectivity index (χ0n) is 15.1. The predicted octanol–water partition coefficient (Wildman–Crippen LogP) is 0.686. The number of β-amino-alcohol motifs (C(OH)–C–C–N with tert-alkyl or cyclic N) is 1. The highest BCUT2D eigenvalue weighted by Crippen LogP contribution is 2.20. The summed E-state index contributed by atoms with van der Waals surface area (Å²) in [5.74, 6) is 5.82. The first kappa shape index (κ1) is 18.4. The quantitative estimate of drug-likeness (QED) is 0.790. The van der Waals surface area contributed by atoms with Gasteiger partial charge in [-0.05, 0) is 31.5 Å². The van der Waals surface area contributed by atoms with Crippen molar-refractivity contribution in [3.05, 3.63) is 35.4 Å². The van der Waals surface area contributed by atoms with Crippen LogP contribution >= 0.6 is 0 Å². The zero-order chi connectivity index (χ0) is 17.9. The molecule has 2 N–H and O–H groups in total. The number of aliphatic hydroxyl groups is 2. The van der Waals surface area contributed by atoms with E-state index in [2.05, 4.69) is 33.8 Å². The van der Waals surface area contributed by atoms with Gasteiger partial charge in [0.15, 0.2) is 0 Å². The van der Waals surface area contributed by atoms with Crippen molar-refractivity contribution in [2.75, 3.05) is 39.4 Å². The molecule has 0 amide bonds. The summed E-state index contributed by atoms with van der Waals surface area (Å²) >= 11 is 0. The Morgan fingerprint density at radius 2 is 1.84 bits per heavy atom. The van der Waals surface area contributed by atoms with Gasteiger partial charge < -0.3 is 14.9 Å². The summed E-state index contributed by atoms with van der Waals surface area (Å²) < 4.78 is 5.41. The Balaban J connectivity index is 1.56. The maximum Gasteiger partial charge on any atom is 0.120 e. The van der Waals surface area contributed by atoms with Crippen LogP contribution in [-0.2, 0) is 11.3 Å². The van der Waals surface area contributed by atoms with E-state index in [0.717, 1.165) is 45.0 Å². The molecule has 0 radical (unpaired) electrons. The molecule has 0 unspecified atom stereocenters. The number of hydrogen-bond acceptors (Lipinski definition) is 5. The number of rotatable bonds is 3. The summed E-state index contributed by atoms with van der Waals surface area (Å²) in [7, 11) is 0. The molecule has 3 rings (SSSR count). The van der Waals surface area contributed by atoms with Gasteiger partial charge in [-0.15, -0.1) is 0 Å². The van der Waals surface area contributed by atoms with Crippen LogP contribution in [0.5, 0.6) is 0 Å². The van der Waals surface area contributed by atoms with Crippen molar-refractivity contribution >= 4 is 0 Å². The van der Waals surface area contributed by atoms with Gasteiger partial charge in [-0.25, -0.2) is 0 Å². The molecular formula is C20H28N2O3. The Morgan fingerprint density at radius 3 is 2.48 bits per heavy atom. The van der Waals surface area contributed by atoms with Crippen LogP contribution in [0, 0.1) is 11.8 Å². The largest absolute Gasteiger partial charge is 0.390 e. The average molecular weight is 344 g/mol. The molecule has 25 heavy (non-hydrogen) atoms. The predicted molar refractivity (Wildman–Crippen MR) is 97.1 cm³/mol. The minimum atomic E-state index is -0.973. The van der Waals surface area contributed by atoms with Crippen molar-refractivity contribution < 1.29 is 14.9 Å². The van der Waals surface area contributed by atoms with Gasteiger partial charge in [-0.3, -0.25) is 9.80 Å². The van der Waals surface area contributed by atoms with E-state index in [4.69, 9.17) is 4.74 Å². The summed E-state index contributed by atoms with van der Waals surface area (Å²) in [6.07, 6.45) is -0.296. The molecule has 1 aromatic carbocycles. The van der Waals surface area contributed by atoms with Crippen molar-refractivity contribution in [1.29, 1.82) is 0 Å². The fraction of sp³-hybridized carbons (Fsp3) is 0.600. The highest BCUT2D eigenvalue weighted by molar-refractivity contribution is 5.37. The van der Waals surface area contributed by atoms with E-state index in [-0.39, 0.29) is 12.1 Å². The standard InChI is InChI=1S/C20H28N2O3/c1-20(2,24)8-7-16-3-5-17(6-4-16)13-21-14-18(19(23)15-21)22-9-11-25-12-10-22/h3-6,18-19,23-24H,9-15H2,1-2H3/t18-,19-/m0/s1. The summed E-state index contributed by atoms with van der Waals surface area (Å²) in [5.41, 5.74) is 1.14. The molecule has 0 spiro atoms. The lowest BCUT2D eigenvalue weighted by Crippen LogP contribution is -2.48. The first-order valence-electron chi connectivity index (χ1n) is 8.97. The first-order valence-corrected chi connectivity index (χ1v) is 8.97. The molecule has 0 saturated carbocycles. The fourth-order valence-corrected chi connectivity index (χ4v) is 3.42. The van der Waals surface area contributed by atoms with Crippen LogP contribution in [0.1, 0.15) is 25.0 Å². The van der Waals surface area contributed by atoms with E-state index in [1.54, 1.807) is 13.8 Å². The molecule has 0 aromatic heterocycles. The van der Waals surface area contributed by atoms with E-state index in [1.165, 1.54) is 5.56 Å². The van der Waals surface area contributed by atoms with Gasteiger partial charge in [-0.1, -0.05) is 24.0 Å². The van der Waals surface area contributed by atoms with Gasteiger partial charge >= 0.3 is 0 Å². The Bertz CT molecular complexity index is 621. The molecule has 136 valence electrons. The maximum atomic E-state index is 10.4. The molecule has 0 bridgehead atoms. The molecule has 1 aromatic rings. The van der Waals surface area contributed by atoms with Crippen molar-refractivity contribution in [3.8, 4) is 11.8 Å². The van der Waals surface area contributed by atoms with Gasteiger partial charge in [0.05, 0.1) is 19.3 Å². The van der Waals surface area contributed by atoms with Crippen molar-refractivity contribution in [1.82, 2.24) is 9.80 Å². The molecule has 5 nitrogen and oxygen atoms in total. The first-order chi connectivity index (χ1) is 11.9. The highest BCUT2D eigenvalue weighted by atomic mass is 16.5. The second-order valence-electron chi connectivity index (χ2n) is 7.48. The summed E-state index contributed by atoms with van der Waals surface area (Å²) in [6, 6.07) is 8.33. The van der Waals surface area contributed by atoms with Crippen LogP contribution < -0.4 is 0 Å². The second-order valence-corrected chi connectivity index (χ2v) is 7.48. The smallest absolute Gasteiger partial charge is 0.120 e. The number of hydrogen-bond donors (Lipinski definition) is 2.